The Kier molecular flexibility index (Phi) is 5.01. The van der Waals surface area contributed by atoms with Crippen molar-refractivity contribution in [2.45, 2.75) is 38.6 Å². The Bertz CT molecular complexity index is 442. The maximum Gasteiger partial charge on any atom is 0.260 e. The van der Waals surface area contributed by atoms with Gasteiger partial charge in [0.1, 0.15) is 5.75 Å². The van der Waals surface area contributed by atoms with Crippen LogP contribution >= 0.6 is 0 Å². The van der Waals surface area contributed by atoms with Crippen LogP contribution in [0.15, 0.2) is 24.3 Å². The molecule has 0 aliphatic carbocycles. The Morgan fingerprint density at radius 1 is 1.40 bits per heavy atom. The molecule has 0 spiro atoms. The van der Waals surface area contributed by atoms with Crippen molar-refractivity contribution in [2.75, 3.05) is 19.7 Å². The Morgan fingerprint density at radius 2 is 2.10 bits per heavy atom. The number of hydrogen-bond acceptors (Lipinski definition) is 3. The average molecular weight is 276 g/mol. The van der Waals surface area contributed by atoms with Gasteiger partial charge in [-0.05, 0) is 36.5 Å². The van der Waals surface area contributed by atoms with Crippen molar-refractivity contribution in [1.82, 2.24) is 4.90 Å². The zero-order chi connectivity index (χ0) is 14.5. The maximum atomic E-state index is 12.1. The first kappa shape index (κ1) is 14.9. The average Bonchev–Trinajstić information content (AvgIpc) is 2.93. The van der Waals surface area contributed by atoms with Crippen LogP contribution < -0.4 is 10.5 Å². The Morgan fingerprint density at radius 3 is 2.70 bits per heavy atom. The molecule has 1 atom stereocenters. The predicted octanol–water partition coefficient (Wildman–Crippen LogP) is 2.14. The number of amides is 1. The normalized spacial score (nSPS) is 18.6. The molecule has 2 N–H and O–H groups in total. The van der Waals surface area contributed by atoms with Gasteiger partial charge in [-0.1, -0.05) is 26.0 Å². The van der Waals surface area contributed by atoms with Crippen molar-refractivity contribution in [2.24, 2.45) is 5.73 Å². The molecule has 110 valence electrons. The van der Waals surface area contributed by atoms with Crippen LogP contribution in [0.2, 0.25) is 0 Å². The van der Waals surface area contributed by atoms with Gasteiger partial charge in [0, 0.05) is 19.1 Å². The van der Waals surface area contributed by atoms with Crippen LogP contribution in [0.4, 0.5) is 0 Å². The van der Waals surface area contributed by atoms with Gasteiger partial charge in [0.25, 0.3) is 5.91 Å². The Balaban J connectivity index is 1.87. The topological polar surface area (TPSA) is 55.6 Å². The minimum atomic E-state index is 0.0332. The van der Waals surface area contributed by atoms with Crippen LogP contribution in [0, 0.1) is 0 Å². The van der Waals surface area contributed by atoms with Gasteiger partial charge in [0.2, 0.25) is 0 Å². The van der Waals surface area contributed by atoms with E-state index in [0.717, 1.165) is 25.1 Å². The lowest BCUT2D eigenvalue weighted by atomic mass is 10.0. The van der Waals surface area contributed by atoms with E-state index in [1.54, 1.807) is 0 Å². The quantitative estimate of drug-likeness (QED) is 0.896. The second-order valence-corrected chi connectivity index (χ2v) is 5.63. The molecule has 1 aliphatic rings. The Hall–Kier alpha value is -1.55. The van der Waals surface area contributed by atoms with Gasteiger partial charge < -0.3 is 15.4 Å². The van der Waals surface area contributed by atoms with E-state index >= 15 is 0 Å². The fourth-order valence-corrected chi connectivity index (χ4v) is 2.59. The minimum Gasteiger partial charge on any atom is -0.484 e. The van der Waals surface area contributed by atoms with Gasteiger partial charge in [-0.2, -0.15) is 0 Å². The molecule has 1 heterocycles. The molecule has 2 rings (SSSR count). The summed E-state index contributed by atoms with van der Waals surface area (Å²) >= 11 is 0. The van der Waals surface area contributed by atoms with Gasteiger partial charge >= 0.3 is 0 Å². The number of carbonyl (C=O) groups excluding carboxylic acids is 1. The summed E-state index contributed by atoms with van der Waals surface area (Å²) in [5, 5.41) is 0. The minimum absolute atomic E-state index is 0.0332. The van der Waals surface area contributed by atoms with E-state index < -0.39 is 0 Å². The zero-order valence-electron chi connectivity index (χ0n) is 12.3. The van der Waals surface area contributed by atoms with Crippen LogP contribution in [-0.4, -0.2) is 36.5 Å². The van der Waals surface area contributed by atoms with E-state index in [2.05, 4.69) is 13.8 Å². The fourth-order valence-electron chi connectivity index (χ4n) is 2.59. The van der Waals surface area contributed by atoms with Gasteiger partial charge in [-0.15, -0.1) is 0 Å². The second-order valence-electron chi connectivity index (χ2n) is 5.63. The highest BCUT2D eigenvalue weighted by atomic mass is 16.5. The summed E-state index contributed by atoms with van der Waals surface area (Å²) < 4.78 is 5.58. The first-order valence-corrected chi connectivity index (χ1v) is 7.34. The summed E-state index contributed by atoms with van der Waals surface area (Å²) in [5.41, 5.74) is 6.95. The molecule has 0 saturated carbocycles. The van der Waals surface area contributed by atoms with E-state index in [1.807, 2.05) is 29.2 Å². The third kappa shape index (κ3) is 3.51. The van der Waals surface area contributed by atoms with Gasteiger partial charge in [0.15, 0.2) is 6.61 Å². The Labute approximate surface area is 120 Å². The molecule has 0 radical (unpaired) electrons. The van der Waals surface area contributed by atoms with E-state index in [0.29, 0.717) is 12.5 Å². The predicted molar refractivity (Wildman–Crippen MR) is 79.8 cm³/mol. The zero-order valence-corrected chi connectivity index (χ0v) is 12.3. The lowest BCUT2D eigenvalue weighted by molar-refractivity contribution is -0.134. The summed E-state index contributed by atoms with van der Waals surface area (Å²) in [4.78, 5) is 14.0. The van der Waals surface area contributed by atoms with Crippen LogP contribution in [0.5, 0.6) is 5.75 Å². The molecule has 0 aromatic heterocycles. The van der Waals surface area contributed by atoms with E-state index in [-0.39, 0.29) is 18.6 Å². The van der Waals surface area contributed by atoms with Crippen LogP contribution in [0.1, 0.15) is 38.2 Å². The maximum absolute atomic E-state index is 12.1. The summed E-state index contributed by atoms with van der Waals surface area (Å²) in [6.07, 6.45) is 2.04. The number of rotatable bonds is 5. The molecule has 4 nitrogen and oxygen atoms in total. The first-order chi connectivity index (χ1) is 9.61. The molecule has 1 saturated heterocycles. The molecule has 1 aliphatic heterocycles. The van der Waals surface area contributed by atoms with Crippen LogP contribution in [0.3, 0.4) is 0 Å². The van der Waals surface area contributed by atoms with Crippen molar-refractivity contribution >= 4 is 5.91 Å². The number of likely N-dealkylation sites (tertiary alicyclic amines) is 1. The number of hydrogen-bond donors (Lipinski definition) is 1. The third-order valence-electron chi connectivity index (χ3n) is 3.88. The first-order valence-electron chi connectivity index (χ1n) is 7.34. The number of ether oxygens (including phenoxy) is 1. The highest BCUT2D eigenvalue weighted by Crippen LogP contribution is 2.19. The van der Waals surface area contributed by atoms with Gasteiger partial charge in [0.05, 0.1) is 0 Å². The summed E-state index contributed by atoms with van der Waals surface area (Å²) in [5.74, 6) is 1.28. The molecule has 1 unspecified atom stereocenters. The standard InChI is InChI=1S/C16H24N2O2/c1-12(2)13-5-7-15(8-6-13)20-11-16(19)18-9-3-4-14(18)10-17/h5-8,12,14H,3-4,9-11,17H2,1-2H3. The molecule has 1 amide bonds. The molecular weight excluding hydrogens is 252 g/mol. The van der Waals surface area contributed by atoms with E-state index in [9.17, 15) is 4.79 Å². The van der Waals surface area contributed by atoms with E-state index in [4.69, 9.17) is 10.5 Å². The monoisotopic (exact) mass is 276 g/mol. The lowest BCUT2D eigenvalue weighted by Crippen LogP contribution is -2.42. The third-order valence-corrected chi connectivity index (χ3v) is 3.88. The van der Waals surface area contributed by atoms with Gasteiger partial charge in [-0.25, -0.2) is 0 Å². The summed E-state index contributed by atoms with van der Waals surface area (Å²) in [7, 11) is 0. The summed E-state index contributed by atoms with van der Waals surface area (Å²) in [6, 6.07) is 8.13. The van der Waals surface area contributed by atoms with E-state index in [1.165, 1.54) is 5.56 Å². The van der Waals surface area contributed by atoms with Crippen LogP contribution in [-0.2, 0) is 4.79 Å². The molecule has 4 heteroatoms. The highest BCUT2D eigenvalue weighted by Gasteiger charge is 2.27. The van der Waals surface area contributed by atoms with Crippen molar-refractivity contribution < 1.29 is 9.53 Å². The largest absolute Gasteiger partial charge is 0.484 e. The molecular formula is C16H24N2O2. The van der Waals surface area contributed by atoms with Gasteiger partial charge in [-0.3, -0.25) is 4.79 Å². The van der Waals surface area contributed by atoms with Crippen molar-refractivity contribution in [3.8, 4) is 5.75 Å². The molecule has 1 aromatic carbocycles. The number of carbonyl (C=O) groups is 1. The van der Waals surface area contributed by atoms with Crippen molar-refractivity contribution in [3.05, 3.63) is 29.8 Å². The highest BCUT2D eigenvalue weighted by molar-refractivity contribution is 5.78. The molecule has 0 bridgehead atoms. The van der Waals surface area contributed by atoms with Crippen molar-refractivity contribution in [3.63, 3.8) is 0 Å². The lowest BCUT2D eigenvalue weighted by Gasteiger charge is -2.23. The fraction of sp³-hybridized carbons (Fsp3) is 0.562. The van der Waals surface area contributed by atoms with Crippen LogP contribution in [0.25, 0.3) is 0 Å². The van der Waals surface area contributed by atoms with Crippen molar-refractivity contribution in [1.29, 1.82) is 0 Å². The smallest absolute Gasteiger partial charge is 0.260 e. The SMILES string of the molecule is CC(C)c1ccc(OCC(=O)N2CCCC2CN)cc1. The number of benzene rings is 1. The molecule has 1 fully saturated rings. The number of nitrogens with two attached hydrogens (primary N) is 1. The molecule has 20 heavy (non-hydrogen) atoms. The summed E-state index contributed by atoms with van der Waals surface area (Å²) in [6.45, 7) is 5.74. The number of nitrogens with zero attached hydrogens (tertiary/aromatic N) is 1. The second kappa shape index (κ2) is 6.75. The molecule has 1 aromatic rings.